The summed E-state index contributed by atoms with van der Waals surface area (Å²) in [5.74, 6) is -0.226. The van der Waals surface area contributed by atoms with Gasteiger partial charge >= 0.3 is 12.1 Å². The van der Waals surface area contributed by atoms with E-state index in [2.05, 4.69) is 15.8 Å². The van der Waals surface area contributed by atoms with Crippen molar-refractivity contribution in [2.24, 2.45) is 5.10 Å². The van der Waals surface area contributed by atoms with Gasteiger partial charge in [-0.15, -0.1) is 0 Å². The lowest BCUT2D eigenvalue weighted by molar-refractivity contribution is -0.124. The number of rotatable bonds is 7. The first-order chi connectivity index (χ1) is 18.9. The topological polar surface area (TPSA) is 131 Å². The van der Waals surface area contributed by atoms with Gasteiger partial charge in [-0.1, -0.05) is 46.4 Å². The molecule has 3 N–H and O–H groups in total. The Labute approximate surface area is 248 Å². The second kappa shape index (κ2) is 11.9. The number of hydrogen-bond donors (Lipinski definition) is 3. The van der Waals surface area contributed by atoms with E-state index in [1.54, 1.807) is 26.0 Å². The van der Waals surface area contributed by atoms with Crippen molar-refractivity contribution < 1.29 is 24.0 Å². The lowest BCUT2D eigenvalue weighted by atomic mass is 9.99. The van der Waals surface area contributed by atoms with E-state index in [9.17, 15) is 19.6 Å². The van der Waals surface area contributed by atoms with Gasteiger partial charge in [-0.3, -0.25) is 14.9 Å². The number of anilines is 2. The van der Waals surface area contributed by atoms with Crippen molar-refractivity contribution in [1.82, 2.24) is 15.4 Å². The number of halogens is 4. The number of furan rings is 1. The Balaban J connectivity index is 1.63. The van der Waals surface area contributed by atoms with E-state index in [4.69, 9.17) is 50.8 Å². The summed E-state index contributed by atoms with van der Waals surface area (Å²) in [4.78, 5) is 41.9. The number of benzene rings is 2. The molecule has 0 saturated carbocycles. The number of urea groups is 2. The van der Waals surface area contributed by atoms with E-state index in [1.165, 1.54) is 53.8 Å². The van der Waals surface area contributed by atoms with Gasteiger partial charge in [0, 0.05) is 11.4 Å². The third-order valence-electron chi connectivity index (χ3n) is 6.03. The molecule has 3 aromatic rings. The van der Waals surface area contributed by atoms with E-state index >= 15 is 0 Å². The van der Waals surface area contributed by atoms with Crippen molar-refractivity contribution in [1.29, 1.82) is 0 Å². The van der Waals surface area contributed by atoms with Gasteiger partial charge in [-0.25, -0.2) is 15.0 Å². The Kier molecular flexibility index (Phi) is 8.81. The molecule has 1 aromatic heterocycles. The van der Waals surface area contributed by atoms with Gasteiger partial charge in [-0.05, 0) is 62.4 Å². The fraction of sp³-hybridized carbons (Fsp3) is 0.200. The second-order valence-corrected chi connectivity index (χ2v) is 10.7. The normalized spacial score (nSPS) is 16.5. The Hall–Kier alpha value is -3.48. The van der Waals surface area contributed by atoms with Crippen LogP contribution < -0.4 is 15.6 Å². The van der Waals surface area contributed by atoms with E-state index in [0.29, 0.717) is 10.8 Å². The summed E-state index contributed by atoms with van der Waals surface area (Å²) < 4.78 is 5.12. The van der Waals surface area contributed by atoms with E-state index < -0.39 is 36.2 Å². The minimum absolute atomic E-state index is 0.136. The molecule has 5 amide bonds. The van der Waals surface area contributed by atoms with E-state index in [-0.39, 0.29) is 31.5 Å². The smallest absolute Gasteiger partial charge is 0.347 e. The maximum Gasteiger partial charge on any atom is 0.347 e. The summed E-state index contributed by atoms with van der Waals surface area (Å²) in [6.07, 6.45) is 1.41. The molecule has 15 heteroatoms. The van der Waals surface area contributed by atoms with Crippen molar-refractivity contribution in [2.45, 2.75) is 25.6 Å². The van der Waals surface area contributed by atoms with Crippen LogP contribution in [0.15, 0.2) is 64.3 Å². The van der Waals surface area contributed by atoms with Gasteiger partial charge in [-0.2, -0.15) is 10.2 Å². The molecule has 0 spiro atoms. The molecule has 1 aliphatic rings. The number of nitrogens with one attached hydrogen (secondary N) is 2. The van der Waals surface area contributed by atoms with Crippen LogP contribution in [0, 0.1) is 0 Å². The molecule has 1 fully saturated rings. The Morgan fingerprint density at radius 1 is 1.07 bits per heavy atom. The third kappa shape index (κ3) is 6.13. The number of hydrazone groups is 1. The van der Waals surface area contributed by atoms with Crippen molar-refractivity contribution in [2.75, 3.05) is 16.8 Å². The van der Waals surface area contributed by atoms with E-state index in [1.807, 2.05) is 0 Å². The molecule has 4 rings (SSSR count). The van der Waals surface area contributed by atoms with Crippen molar-refractivity contribution in [3.63, 3.8) is 0 Å². The molecule has 210 valence electrons. The monoisotopic (exact) mass is 626 g/mol. The SMILES string of the molecule is CC1(C)[C@H](N(O)C(=O)Nc2ccc(Cl)c(Cl)c2)N(c2ccc(Cl)c(Cl)c2)C(=O)N1CC(=O)NN=Cc1ccco1. The molecule has 2 aromatic carbocycles. The highest BCUT2D eigenvalue weighted by Crippen LogP contribution is 2.39. The number of nitrogens with zero attached hydrogens (tertiary/aromatic N) is 4. The van der Waals surface area contributed by atoms with Crippen LogP contribution in [0.1, 0.15) is 19.6 Å². The maximum absolute atomic E-state index is 13.7. The van der Waals surface area contributed by atoms with Gasteiger partial charge in [0.2, 0.25) is 0 Å². The standard InChI is InChI=1S/C25H22Cl4N6O5/c1-25(2)22(35(39)23(37)31-14-5-7-17(26)19(28)10-14)34(15-6-8-18(27)20(29)11-15)24(38)33(25)13-21(36)32-30-12-16-4-3-9-40-16/h3-12,22,39H,13H2,1-2H3,(H,31,37)(H,32,36)/t22-/m0/s1. The first-order valence-corrected chi connectivity index (χ1v) is 13.1. The molecule has 0 unspecified atom stereocenters. The van der Waals surface area contributed by atoms with Gasteiger partial charge in [0.05, 0.1) is 38.1 Å². The Bertz CT molecular complexity index is 1470. The summed E-state index contributed by atoms with van der Waals surface area (Å²) in [7, 11) is 0. The molecular weight excluding hydrogens is 606 g/mol. The van der Waals surface area contributed by atoms with Crippen LogP contribution in [-0.4, -0.2) is 57.6 Å². The van der Waals surface area contributed by atoms with Gasteiger partial charge in [0.1, 0.15) is 12.3 Å². The first-order valence-electron chi connectivity index (χ1n) is 11.6. The molecule has 2 heterocycles. The summed E-state index contributed by atoms with van der Waals surface area (Å²) >= 11 is 24.2. The Morgan fingerprint density at radius 2 is 1.75 bits per heavy atom. The van der Waals surface area contributed by atoms with Crippen LogP contribution in [0.3, 0.4) is 0 Å². The predicted octanol–water partition coefficient (Wildman–Crippen LogP) is 6.31. The third-order valence-corrected chi connectivity index (χ3v) is 7.51. The molecule has 1 saturated heterocycles. The quantitative estimate of drug-likeness (QED) is 0.160. The minimum atomic E-state index is -1.33. The zero-order valence-electron chi connectivity index (χ0n) is 20.9. The number of amides is 5. The number of hydroxylamine groups is 2. The molecule has 0 aliphatic carbocycles. The fourth-order valence-electron chi connectivity index (χ4n) is 4.08. The van der Waals surface area contributed by atoms with Crippen molar-refractivity contribution >= 4 is 82.0 Å². The zero-order valence-corrected chi connectivity index (χ0v) is 24.0. The predicted molar refractivity (Wildman–Crippen MR) is 152 cm³/mol. The van der Waals surface area contributed by atoms with Crippen LogP contribution in [0.25, 0.3) is 0 Å². The van der Waals surface area contributed by atoms with Crippen LogP contribution in [0.5, 0.6) is 0 Å². The lowest BCUT2D eigenvalue weighted by Crippen LogP contribution is -2.58. The van der Waals surface area contributed by atoms with Crippen LogP contribution in [-0.2, 0) is 4.79 Å². The second-order valence-electron chi connectivity index (χ2n) is 9.08. The van der Waals surface area contributed by atoms with Crippen molar-refractivity contribution in [3.05, 3.63) is 80.6 Å². The average molecular weight is 628 g/mol. The zero-order chi connectivity index (χ0) is 29.2. The van der Waals surface area contributed by atoms with Gasteiger partial charge < -0.3 is 14.6 Å². The first kappa shape index (κ1) is 29.5. The summed E-state index contributed by atoms with van der Waals surface area (Å²) in [6.45, 7) is 2.71. The number of carbonyl (C=O) groups excluding carboxylic acids is 3. The van der Waals surface area contributed by atoms with Crippen LogP contribution >= 0.6 is 46.4 Å². The lowest BCUT2D eigenvalue weighted by Gasteiger charge is -2.38. The molecule has 1 atom stereocenters. The number of carbonyl (C=O) groups is 3. The van der Waals surface area contributed by atoms with Gasteiger partial charge in [0.15, 0.2) is 6.17 Å². The molecule has 0 bridgehead atoms. The summed E-state index contributed by atoms with van der Waals surface area (Å²) in [5, 5.41) is 18.7. The highest BCUT2D eigenvalue weighted by Gasteiger charge is 2.56. The van der Waals surface area contributed by atoms with Crippen molar-refractivity contribution in [3.8, 4) is 0 Å². The van der Waals surface area contributed by atoms with E-state index in [0.717, 1.165) is 4.90 Å². The summed E-state index contributed by atoms with van der Waals surface area (Å²) in [5.41, 5.74) is 1.47. The molecule has 40 heavy (non-hydrogen) atoms. The molecule has 1 aliphatic heterocycles. The Morgan fingerprint density at radius 3 is 2.38 bits per heavy atom. The highest BCUT2D eigenvalue weighted by molar-refractivity contribution is 6.42. The average Bonchev–Trinajstić information content (AvgIpc) is 3.48. The molecule has 11 nitrogen and oxygen atoms in total. The summed E-state index contributed by atoms with van der Waals surface area (Å²) in [6, 6.07) is 10.4. The number of hydrogen-bond acceptors (Lipinski definition) is 6. The van der Waals surface area contributed by atoms with Crippen LogP contribution in [0.4, 0.5) is 21.0 Å². The van der Waals surface area contributed by atoms with Crippen LogP contribution in [0.2, 0.25) is 20.1 Å². The molecular formula is C25H22Cl4N6O5. The highest BCUT2D eigenvalue weighted by atomic mass is 35.5. The minimum Gasteiger partial charge on any atom is -0.463 e. The largest absolute Gasteiger partial charge is 0.463 e. The molecule has 0 radical (unpaired) electrons. The maximum atomic E-state index is 13.7. The van der Waals surface area contributed by atoms with Gasteiger partial charge in [0.25, 0.3) is 5.91 Å². The fourth-order valence-corrected chi connectivity index (χ4v) is 4.67.